The van der Waals surface area contributed by atoms with Crippen LogP contribution in [0.3, 0.4) is 0 Å². The molecule has 0 aliphatic carbocycles. The van der Waals surface area contributed by atoms with Crippen LogP contribution in [-0.4, -0.2) is 66.9 Å². The number of likely N-dealkylation sites (N-methyl/N-ethyl adjacent to an activating group) is 1. The first kappa shape index (κ1) is 18.6. The largest absolute Gasteiger partial charge is 0.366 e. The van der Waals surface area contributed by atoms with E-state index in [1.54, 1.807) is 16.9 Å². The Kier molecular flexibility index (Phi) is 4.59. The Labute approximate surface area is 174 Å². The van der Waals surface area contributed by atoms with Gasteiger partial charge in [0.1, 0.15) is 6.33 Å². The second-order valence-electron chi connectivity index (χ2n) is 7.94. The number of hydrogen-bond donors (Lipinski definition) is 2. The van der Waals surface area contributed by atoms with E-state index < -0.39 is 0 Å². The Morgan fingerprint density at radius 3 is 2.63 bits per heavy atom. The fraction of sp³-hybridized carbons (Fsp3) is 0.333. The van der Waals surface area contributed by atoms with Gasteiger partial charge in [-0.2, -0.15) is 10.2 Å². The molecule has 2 N–H and O–H groups in total. The first-order valence-electron chi connectivity index (χ1n) is 10.1. The third-order valence-electron chi connectivity index (χ3n) is 5.86. The van der Waals surface area contributed by atoms with Crippen molar-refractivity contribution in [2.24, 2.45) is 0 Å². The predicted molar refractivity (Wildman–Crippen MR) is 117 cm³/mol. The Morgan fingerprint density at radius 1 is 1.03 bits per heavy atom. The standard InChI is InChI=1S/C21H25N9/c1-14-12-29(15(2)11-28(14)3)18-6-4-17(5-7-18)27-20-21-23-13-26-30(21)19(10-22-20)16-8-24-25-9-16/h4-10,13-15H,11-12H2,1-3H3,(H,22,27)(H,24,25)/t14-,15+/m1/s1. The summed E-state index contributed by atoms with van der Waals surface area (Å²) in [4.78, 5) is 13.9. The Hall–Kier alpha value is -3.46. The van der Waals surface area contributed by atoms with Gasteiger partial charge in [0.15, 0.2) is 11.5 Å². The summed E-state index contributed by atoms with van der Waals surface area (Å²) in [7, 11) is 2.20. The Balaban J connectivity index is 1.39. The van der Waals surface area contributed by atoms with E-state index >= 15 is 0 Å². The van der Waals surface area contributed by atoms with Crippen LogP contribution in [0.5, 0.6) is 0 Å². The normalized spacial score (nSPS) is 20.0. The van der Waals surface area contributed by atoms with Crippen molar-refractivity contribution in [1.29, 1.82) is 0 Å². The highest BCUT2D eigenvalue weighted by Crippen LogP contribution is 2.27. The van der Waals surface area contributed by atoms with Crippen LogP contribution >= 0.6 is 0 Å². The maximum absolute atomic E-state index is 4.58. The van der Waals surface area contributed by atoms with Crippen molar-refractivity contribution in [1.82, 2.24) is 34.7 Å². The molecule has 9 nitrogen and oxygen atoms in total. The molecule has 0 unspecified atom stereocenters. The maximum Gasteiger partial charge on any atom is 0.199 e. The van der Waals surface area contributed by atoms with Gasteiger partial charge < -0.3 is 10.2 Å². The number of anilines is 3. The van der Waals surface area contributed by atoms with Gasteiger partial charge in [-0.1, -0.05) is 0 Å². The van der Waals surface area contributed by atoms with Crippen molar-refractivity contribution in [3.8, 4) is 11.3 Å². The summed E-state index contributed by atoms with van der Waals surface area (Å²) in [5, 5.41) is 14.5. The lowest BCUT2D eigenvalue weighted by atomic mass is 10.1. The molecule has 3 aromatic heterocycles. The highest BCUT2D eigenvalue weighted by Gasteiger charge is 2.26. The SMILES string of the molecule is C[C@@H]1CN(c2ccc(Nc3ncc(-c4cn[nH]c4)n4ncnc34)cc2)[C@@H](C)CN1C. The zero-order valence-corrected chi connectivity index (χ0v) is 17.3. The molecule has 1 saturated heterocycles. The summed E-state index contributed by atoms with van der Waals surface area (Å²) in [6.07, 6.45) is 6.86. The van der Waals surface area contributed by atoms with Crippen LogP contribution in [0.15, 0.2) is 49.2 Å². The quantitative estimate of drug-likeness (QED) is 0.541. The van der Waals surface area contributed by atoms with E-state index in [4.69, 9.17) is 0 Å². The van der Waals surface area contributed by atoms with E-state index in [9.17, 15) is 0 Å². The lowest BCUT2D eigenvalue weighted by molar-refractivity contribution is 0.206. The minimum absolute atomic E-state index is 0.484. The van der Waals surface area contributed by atoms with Gasteiger partial charge in [-0.15, -0.1) is 0 Å². The average Bonchev–Trinajstić information content (AvgIpc) is 3.44. The van der Waals surface area contributed by atoms with E-state index in [0.29, 0.717) is 23.5 Å². The Bertz CT molecular complexity index is 1130. The fourth-order valence-electron chi connectivity index (χ4n) is 4.03. The number of benzene rings is 1. The van der Waals surface area contributed by atoms with Gasteiger partial charge in [0.05, 0.1) is 18.1 Å². The highest BCUT2D eigenvalue weighted by atomic mass is 15.3. The summed E-state index contributed by atoms with van der Waals surface area (Å²) >= 11 is 0. The number of nitrogens with zero attached hydrogens (tertiary/aromatic N) is 7. The molecule has 0 bridgehead atoms. The molecule has 9 heteroatoms. The van der Waals surface area contributed by atoms with Crippen molar-refractivity contribution in [2.75, 3.05) is 30.4 Å². The number of H-pyrrole nitrogens is 1. The fourth-order valence-corrected chi connectivity index (χ4v) is 4.03. The predicted octanol–water partition coefficient (Wildman–Crippen LogP) is 2.79. The first-order valence-corrected chi connectivity index (χ1v) is 10.1. The van der Waals surface area contributed by atoms with E-state index in [1.165, 1.54) is 12.0 Å². The molecule has 2 atom stereocenters. The van der Waals surface area contributed by atoms with E-state index in [-0.39, 0.29) is 0 Å². The summed E-state index contributed by atoms with van der Waals surface area (Å²) in [5.41, 5.74) is 4.60. The second kappa shape index (κ2) is 7.42. The third-order valence-corrected chi connectivity index (χ3v) is 5.86. The molecule has 30 heavy (non-hydrogen) atoms. The van der Waals surface area contributed by atoms with Crippen molar-refractivity contribution in [3.05, 3.63) is 49.2 Å². The first-order chi connectivity index (χ1) is 14.6. The third kappa shape index (κ3) is 3.26. The van der Waals surface area contributed by atoms with Crippen molar-refractivity contribution in [3.63, 3.8) is 0 Å². The zero-order valence-electron chi connectivity index (χ0n) is 17.3. The summed E-state index contributed by atoms with van der Waals surface area (Å²) in [6, 6.07) is 9.53. The number of piperazine rings is 1. The number of aromatic nitrogens is 6. The van der Waals surface area contributed by atoms with Crippen LogP contribution < -0.4 is 10.2 Å². The minimum Gasteiger partial charge on any atom is -0.366 e. The van der Waals surface area contributed by atoms with Crippen LogP contribution in [0.4, 0.5) is 17.2 Å². The molecule has 1 aliphatic heterocycles. The van der Waals surface area contributed by atoms with Crippen molar-refractivity contribution < 1.29 is 0 Å². The zero-order chi connectivity index (χ0) is 20.7. The molecule has 0 amide bonds. The number of nitrogens with one attached hydrogen (secondary N) is 2. The van der Waals surface area contributed by atoms with Crippen LogP contribution in [0.2, 0.25) is 0 Å². The van der Waals surface area contributed by atoms with Gasteiger partial charge in [-0.3, -0.25) is 10.00 Å². The van der Waals surface area contributed by atoms with Gasteiger partial charge in [0.2, 0.25) is 0 Å². The number of fused-ring (bicyclic) bond motifs is 1. The molecule has 0 radical (unpaired) electrons. The molecule has 154 valence electrons. The summed E-state index contributed by atoms with van der Waals surface area (Å²) in [5.74, 6) is 0.661. The number of aromatic amines is 1. The number of rotatable bonds is 4. The van der Waals surface area contributed by atoms with Gasteiger partial charge in [-0.25, -0.2) is 14.5 Å². The molecule has 1 aromatic carbocycles. The average molecular weight is 403 g/mol. The molecule has 4 aromatic rings. The molecular formula is C21H25N9. The van der Waals surface area contributed by atoms with Gasteiger partial charge in [-0.05, 0) is 45.2 Å². The summed E-state index contributed by atoms with van der Waals surface area (Å²) < 4.78 is 1.77. The molecule has 1 aliphatic rings. The van der Waals surface area contributed by atoms with Crippen LogP contribution in [0.1, 0.15) is 13.8 Å². The van der Waals surface area contributed by atoms with Gasteiger partial charge >= 0.3 is 0 Å². The second-order valence-corrected chi connectivity index (χ2v) is 7.94. The molecule has 1 fully saturated rings. The van der Waals surface area contributed by atoms with Gasteiger partial charge in [0, 0.05) is 48.3 Å². The molecule has 5 rings (SSSR count). The molecule has 4 heterocycles. The topological polar surface area (TPSA) is 90.3 Å². The highest BCUT2D eigenvalue weighted by molar-refractivity contribution is 5.73. The van der Waals surface area contributed by atoms with Crippen LogP contribution in [0, 0.1) is 0 Å². The lowest BCUT2D eigenvalue weighted by Crippen LogP contribution is -2.55. The maximum atomic E-state index is 4.58. The molecule has 0 saturated carbocycles. The molecular weight excluding hydrogens is 378 g/mol. The van der Waals surface area contributed by atoms with E-state index in [1.807, 2.05) is 6.20 Å². The van der Waals surface area contributed by atoms with Gasteiger partial charge in [0.25, 0.3) is 0 Å². The van der Waals surface area contributed by atoms with Crippen molar-refractivity contribution in [2.45, 2.75) is 25.9 Å². The minimum atomic E-state index is 0.484. The van der Waals surface area contributed by atoms with E-state index in [0.717, 1.165) is 30.0 Å². The van der Waals surface area contributed by atoms with E-state index in [2.05, 4.69) is 85.5 Å². The van der Waals surface area contributed by atoms with Crippen LogP contribution in [-0.2, 0) is 0 Å². The van der Waals surface area contributed by atoms with Crippen molar-refractivity contribution >= 4 is 22.8 Å². The van der Waals surface area contributed by atoms with Crippen LogP contribution in [0.25, 0.3) is 16.9 Å². The smallest absolute Gasteiger partial charge is 0.199 e. The Morgan fingerprint density at radius 2 is 1.87 bits per heavy atom. The number of hydrogen-bond acceptors (Lipinski definition) is 7. The monoisotopic (exact) mass is 403 g/mol. The lowest BCUT2D eigenvalue weighted by Gasteiger charge is -2.43. The molecule has 0 spiro atoms. The summed E-state index contributed by atoms with van der Waals surface area (Å²) in [6.45, 7) is 6.65.